The number of amides is 7. The Labute approximate surface area is 522 Å². The van der Waals surface area contributed by atoms with Crippen molar-refractivity contribution in [1.29, 1.82) is 0 Å². The fourth-order valence-corrected chi connectivity index (χ4v) is 16.2. The first kappa shape index (κ1) is 68.8. The summed E-state index contributed by atoms with van der Waals surface area (Å²) < 4.78 is 32.2. The summed E-state index contributed by atoms with van der Waals surface area (Å²) in [4.78, 5) is 131. The number of benzene rings is 1. The molecule has 6 aliphatic heterocycles. The Hall–Kier alpha value is -7.13. The Morgan fingerprint density at radius 2 is 1.31 bits per heavy atom. The van der Waals surface area contributed by atoms with E-state index in [4.69, 9.17) is 68.2 Å². The lowest BCUT2D eigenvalue weighted by molar-refractivity contribution is -0.123. The molecule has 28 heteroatoms. The van der Waals surface area contributed by atoms with E-state index < -0.39 is 137 Å². The van der Waals surface area contributed by atoms with Gasteiger partial charge in [-0.1, -0.05) is 34.6 Å². The van der Waals surface area contributed by atoms with Gasteiger partial charge in [0.15, 0.2) is 6.23 Å². The maximum Gasteiger partial charge on any atom is 0.472 e. The van der Waals surface area contributed by atoms with Gasteiger partial charge in [-0.25, -0.2) is 9.55 Å². The van der Waals surface area contributed by atoms with E-state index in [0.717, 1.165) is 11.1 Å². The van der Waals surface area contributed by atoms with E-state index in [0.29, 0.717) is 62.1 Å². The largest absolute Gasteiger partial charge is 0.472 e. The molecule has 1 aromatic heterocycles. The van der Waals surface area contributed by atoms with Crippen LogP contribution in [0.2, 0.25) is 0 Å². The number of nitrogens with two attached hydrogens (primary N) is 6. The summed E-state index contributed by atoms with van der Waals surface area (Å²) in [6.07, 6.45) is -4.63. The first-order valence-corrected chi connectivity index (χ1v) is 31.9. The number of aliphatic hydroxyl groups excluding tert-OH is 2. The third-order valence-electron chi connectivity index (χ3n) is 20.2. The molecule has 1 saturated heterocycles. The van der Waals surface area contributed by atoms with Crippen LogP contribution in [0.15, 0.2) is 72.7 Å². The molecule has 7 heterocycles. The number of aryl methyl sites for hydroxylation is 2. The molecule has 90 heavy (non-hydrogen) atoms. The summed E-state index contributed by atoms with van der Waals surface area (Å²) in [6, 6.07) is 3.73. The summed E-state index contributed by atoms with van der Waals surface area (Å²) in [5.41, 5.74) is 36.8. The number of nitrogens with zero attached hydrogens (tertiary/aromatic N) is 6. The quantitative estimate of drug-likeness (QED) is 0.0601. The Balaban J connectivity index is 1.20. The van der Waals surface area contributed by atoms with Crippen LogP contribution in [-0.2, 0) is 51.9 Å². The molecule has 0 aliphatic carbocycles. The summed E-state index contributed by atoms with van der Waals surface area (Å²) in [5, 5.41) is 24.6. The number of aliphatic hydroxyl groups is 2. The highest BCUT2D eigenvalue weighted by Crippen LogP contribution is 2.62. The fraction of sp³-hybridized carbons (Fsp3) is 0.613. The van der Waals surface area contributed by atoms with E-state index in [1.807, 2.05) is 66.7 Å². The van der Waals surface area contributed by atoms with Crippen LogP contribution in [0, 0.1) is 59.2 Å². The second-order valence-electron chi connectivity index (χ2n) is 26.8. The Bertz CT molecular complexity index is 3600. The van der Waals surface area contributed by atoms with Crippen molar-refractivity contribution in [3.8, 4) is 0 Å². The predicted octanol–water partition coefficient (Wildman–Crippen LogP) is 3.65. The van der Waals surface area contributed by atoms with Crippen LogP contribution in [-0.4, -0.2) is 132 Å². The van der Waals surface area contributed by atoms with Crippen LogP contribution < -0.4 is 39.7 Å². The predicted molar refractivity (Wildman–Crippen MR) is 334 cm³/mol. The number of hydrogen-bond donors (Lipinski definition) is 10. The zero-order valence-corrected chi connectivity index (χ0v) is 54.0. The molecule has 8 rings (SSSR count). The van der Waals surface area contributed by atoms with Crippen LogP contribution in [0.3, 0.4) is 0 Å². The molecular weight excluding hydrogens is 1180 g/mol. The van der Waals surface area contributed by atoms with E-state index >= 15 is 0 Å². The van der Waals surface area contributed by atoms with Crippen molar-refractivity contribution in [3.63, 3.8) is 0 Å². The molecule has 7 amide bonds. The number of phosphoric ester groups is 1. The lowest BCUT2D eigenvalue weighted by atomic mass is 9.56. The second kappa shape index (κ2) is 25.5. The van der Waals surface area contributed by atoms with E-state index in [-0.39, 0.29) is 77.2 Å². The van der Waals surface area contributed by atoms with E-state index in [1.165, 1.54) is 13.3 Å². The van der Waals surface area contributed by atoms with Crippen LogP contribution in [0.25, 0.3) is 11.0 Å². The summed E-state index contributed by atoms with van der Waals surface area (Å²) in [5.74, 6) is -7.52. The van der Waals surface area contributed by atoms with Gasteiger partial charge in [0.05, 0.1) is 47.2 Å². The number of aromatic nitrogens is 2. The van der Waals surface area contributed by atoms with E-state index in [9.17, 15) is 53.2 Å². The number of carbonyl (C=O) groups excluding carboxylic acids is 7. The number of fused-ring (bicyclic) bond motifs is 6. The number of primary amides is 6. The molecule has 2 aromatic rings. The van der Waals surface area contributed by atoms with Gasteiger partial charge < -0.3 is 64.1 Å². The molecule has 1 aromatic carbocycles. The maximum absolute atomic E-state index is 14.4. The number of allylic oxidation sites excluding steroid dienone is 6. The normalized spacial score (nSPS) is 33.4. The van der Waals surface area contributed by atoms with Crippen LogP contribution in [0.4, 0.5) is 0 Å². The van der Waals surface area contributed by atoms with E-state index in [2.05, 4.69) is 10.3 Å². The van der Waals surface area contributed by atoms with Crippen molar-refractivity contribution in [2.75, 3.05) is 13.2 Å². The first-order valence-electron chi connectivity index (χ1n) is 30.4. The Morgan fingerprint density at radius 3 is 1.90 bits per heavy atom. The zero-order chi connectivity index (χ0) is 66.7. The first-order chi connectivity index (χ1) is 41.8. The third kappa shape index (κ3) is 12.9. The highest BCUT2D eigenvalue weighted by Gasteiger charge is 2.65. The Morgan fingerprint density at radius 1 is 0.733 bits per heavy atom. The molecule has 14 unspecified atom stereocenters. The number of hydrogen-bond acceptors (Lipinski definition) is 18. The van der Waals surface area contributed by atoms with Gasteiger partial charge in [-0.3, -0.25) is 62.6 Å². The van der Waals surface area contributed by atoms with Gasteiger partial charge in [-0.15, -0.1) is 0 Å². The van der Waals surface area contributed by atoms with Gasteiger partial charge in [0.2, 0.25) is 41.4 Å². The molecular formula is C62H88N13O14P. The molecule has 6 aliphatic rings. The topological polar surface area (TPSA) is 460 Å². The van der Waals surface area contributed by atoms with Gasteiger partial charge in [-0.05, 0) is 108 Å². The minimum atomic E-state index is -5.07. The van der Waals surface area contributed by atoms with Crippen molar-refractivity contribution >= 4 is 83.1 Å². The van der Waals surface area contributed by atoms with Gasteiger partial charge >= 0.3 is 7.82 Å². The fourth-order valence-electron chi connectivity index (χ4n) is 15.0. The number of carbonyl (C=O) groups is 7. The second-order valence-corrected chi connectivity index (χ2v) is 28.2. The SMILES string of the molecule is C/C1=C2/N=C(C(CC(N)=O)C2(C)CCC(=O)NCC(C)OP(=O)(O)OC2C(CO)OC(n3cnc4cc(C)c(C)cc43)C2O)C2(C)N=C(/C(C)=C3N=C(/C=C4N=C1C(CCC(N)=O)C\4(C)C)C(CCC(N)=O)C/3(C)CC(N)=O)C(CCC(N)=O)C2(C)CC(N)=O. The molecule has 0 spiro atoms. The van der Waals surface area contributed by atoms with Crippen LogP contribution in [0.5, 0.6) is 0 Å². The van der Waals surface area contributed by atoms with Crippen molar-refractivity contribution in [1.82, 2.24) is 14.9 Å². The molecule has 27 nitrogen and oxygen atoms in total. The standard InChI is InChI=1S/C62H88N13O14P/c1-29-20-39-40(21-30(29)2)75(28-70-39)57-52(84)53(41(27-76)87-57)89-90(85,86)88-31(3)26-69-49(83)18-19-59(8)37(22-46(66)80)56-62(11)61(10,25-48(68)82)36(14-17-45(65)79)51(74-62)33(5)55-60(9,24-47(67)81)34(12-15-43(63)77)38(71-55)23-42-58(6,7)35(13-16-44(64)78)50(72-42)32(4)54(59)73-56/h20-21,23,28,31,34-37,41,52-53,57,76,84H,12-19,22,24-27H2,1-11H3,(H2,63,77)(H2,64,78)(H2,65,79)(H2,66,80)(H2,67,81)(H2,68,82)(H,69,83)(H,85,86)/b42-23-,54-32-,55-33+. The minimum Gasteiger partial charge on any atom is -0.394 e. The number of aliphatic imine (C=N–C) groups is 4. The van der Waals surface area contributed by atoms with Crippen LogP contribution >= 0.6 is 7.82 Å². The molecule has 490 valence electrons. The van der Waals surface area contributed by atoms with Crippen molar-refractivity contribution in [3.05, 3.63) is 63.9 Å². The number of nitrogens with one attached hydrogen (secondary N) is 1. The van der Waals surface area contributed by atoms with Gasteiger partial charge in [0.1, 0.15) is 23.9 Å². The van der Waals surface area contributed by atoms with Gasteiger partial charge in [0, 0.05) is 120 Å². The molecule has 14 atom stereocenters. The van der Waals surface area contributed by atoms with Crippen molar-refractivity contribution in [2.24, 2.45) is 99.7 Å². The smallest absolute Gasteiger partial charge is 0.394 e. The van der Waals surface area contributed by atoms with Gasteiger partial charge in [0.25, 0.3) is 0 Å². The zero-order valence-electron chi connectivity index (χ0n) is 53.1. The number of phosphoric acid groups is 1. The Kier molecular flexibility index (Phi) is 19.5. The molecule has 8 bridgehead atoms. The summed E-state index contributed by atoms with van der Waals surface area (Å²) in [7, 11) is -5.07. The van der Waals surface area contributed by atoms with E-state index in [1.54, 1.807) is 25.3 Å². The number of rotatable bonds is 26. The molecule has 16 N–H and O–H groups in total. The summed E-state index contributed by atoms with van der Waals surface area (Å²) in [6.45, 7) is 19.0. The molecule has 0 radical (unpaired) electrons. The lowest BCUT2D eigenvalue weighted by Crippen LogP contribution is -2.54. The highest BCUT2D eigenvalue weighted by atomic mass is 31.2. The number of imidazole rings is 1. The molecule has 1 fully saturated rings. The summed E-state index contributed by atoms with van der Waals surface area (Å²) >= 11 is 0. The van der Waals surface area contributed by atoms with Crippen LogP contribution in [0.1, 0.15) is 150 Å². The van der Waals surface area contributed by atoms with Gasteiger partial charge in [-0.2, -0.15) is 0 Å². The highest BCUT2D eigenvalue weighted by molar-refractivity contribution is 7.47. The lowest BCUT2D eigenvalue weighted by Gasteiger charge is -2.45. The number of ether oxygens (including phenoxy) is 1. The average molecular weight is 1270 g/mol. The van der Waals surface area contributed by atoms with Crippen molar-refractivity contribution in [2.45, 2.75) is 183 Å². The maximum atomic E-state index is 14.4. The average Bonchev–Trinajstić information content (AvgIpc) is 1.53. The minimum absolute atomic E-state index is 0.0372. The monoisotopic (exact) mass is 1270 g/mol. The molecule has 0 saturated carbocycles. The third-order valence-corrected chi connectivity index (χ3v) is 21.3. The van der Waals surface area contributed by atoms with Crippen molar-refractivity contribution < 1.29 is 67.0 Å².